The van der Waals surface area contributed by atoms with Crippen molar-refractivity contribution in [2.45, 2.75) is 6.54 Å². The minimum Gasteiger partial charge on any atom is -0.338 e. The van der Waals surface area contributed by atoms with Gasteiger partial charge in [-0.2, -0.15) is 0 Å². The monoisotopic (exact) mass is 296 g/mol. The summed E-state index contributed by atoms with van der Waals surface area (Å²) in [5.41, 5.74) is 0.871. The molecular weight excluding hydrogens is 284 g/mol. The van der Waals surface area contributed by atoms with E-state index in [2.05, 4.69) is 29.4 Å². The highest BCUT2D eigenvalue weighted by Gasteiger charge is 2.20. The summed E-state index contributed by atoms with van der Waals surface area (Å²) in [7, 11) is 0. The molecule has 1 fully saturated rings. The Morgan fingerprint density at radius 3 is 2.53 bits per heavy atom. The molecule has 0 bridgehead atoms. The van der Waals surface area contributed by atoms with E-state index >= 15 is 0 Å². The lowest BCUT2D eigenvalue weighted by Gasteiger charge is -2.34. The molecule has 2 aromatic heterocycles. The molecule has 0 atom stereocenters. The van der Waals surface area contributed by atoms with Crippen molar-refractivity contribution in [1.82, 2.24) is 24.5 Å². The van der Waals surface area contributed by atoms with Crippen LogP contribution < -0.4 is 4.90 Å². The first-order valence-electron chi connectivity index (χ1n) is 6.04. The first-order valence-corrected chi connectivity index (χ1v) is 7.19. The summed E-state index contributed by atoms with van der Waals surface area (Å²) in [4.78, 5) is 13.1. The minimum absolute atomic E-state index is 0.689. The molecule has 8 heteroatoms. The van der Waals surface area contributed by atoms with E-state index in [4.69, 9.17) is 11.6 Å². The Balaban J connectivity index is 1.57. The second-order valence-corrected chi connectivity index (χ2v) is 5.66. The summed E-state index contributed by atoms with van der Waals surface area (Å²) < 4.78 is 4.54. The van der Waals surface area contributed by atoms with Gasteiger partial charge in [-0.3, -0.25) is 4.90 Å². The number of piperazine rings is 1. The van der Waals surface area contributed by atoms with Crippen LogP contribution in [-0.2, 0) is 6.54 Å². The van der Waals surface area contributed by atoms with Crippen LogP contribution >= 0.6 is 23.1 Å². The molecule has 0 unspecified atom stereocenters. The van der Waals surface area contributed by atoms with E-state index in [0.29, 0.717) is 4.34 Å². The molecule has 19 heavy (non-hydrogen) atoms. The summed E-state index contributed by atoms with van der Waals surface area (Å²) in [5, 5.41) is 4.04. The topological polar surface area (TPSA) is 58.0 Å². The van der Waals surface area contributed by atoms with Gasteiger partial charge in [-0.15, -0.1) is 5.10 Å². The van der Waals surface area contributed by atoms with Crippen LogP contribution in [0.1, 0.15) is 5.69 Å². The zero-order chi connectivity index (χ0) is 13.1. The number of hydrogen-bond acceptors (Lipinski definition) is 7. The Kier molecular flexibility index (Phi) is 3.86. The molecule has 1 aliphatic rings. The minimum atomic E-state index is 0.689. The fraction of sp³-hybridized carbons (Fsp3) is 0.455. The van der Waals surface area contributed by atoms with Crippen LogP contribution in [0.3, 0.4) is 0 Å². The molecule has 0 N–H and O–H groups in total. The van der Waals surface area contributed by atoms with Gasteiger partial charge in [0.15, 0.2) is 0 Å². The van der Waals surface area contributed by atoms with Crippen molar-refractivity contribution in [3.8, 4) is 0 Å². The quantitative estimate of drug-likeness (QED) is 0.851. The Hall–Kier alpha value is -1.31. The van der Waals surface area contributed by atoms with E-state index in [-0.39, 0.29) is 0 Å². The molecule has 1 saturated heterocycles. The maximum atomic E-state index is 6.02. The first kappa shape index (κ1) is 12.7. The number of nitrogens with zero attached hydrogens (tertiary/aromatic N) is 6. The van der Waals surface area contributed by atoms with Gasteiger partial charge in [-0.25, -0.2) is 9.97 Å². The summed E-state index contributed by atoms with van der Waals surface area (Å²) >= 11 is 7.26. The molecule has 0 aromatic carbocycles. The van der Waals surface area contributed by atoms with E-state index < -0.39 is 0 Å². The molecule has 3 rings (SSSR count). The van der Waals surface area contributed by atoms with Crippen molar-refractivity contribution >= 4 is 29.1 Å². The molecule has 2 aromatic rings. The van der Waals surface area contributed by atoms with Gasteiger partial charge in [-0.1, -0.05) is 16.1 Å². The third kappa shape index (κ3) is 2.99. The molecule has 0 saturated carbocycles. The Labute approximate surface area is 120 Å². The highest BCUT2D eigenvalue weighted by molar-refractivity contribution is 7.10. The van der Waals surface area contributed by atoms with Crippen molar-refractivity contribution in [2.75, 3.05) is 31.1 Å². The van der Waals surface area contributed by atoms with Gasteiger partial charge in [0.1, 0.15) is 10.0 Å². The van der Waals surface area contributed by atoms with Crippen molar-refractivity contribution in [1.29, 1.82) is 0 Å². The lowest BCUT2D eigenvalue weighted by atomic mass is 10.3. The number of hydrogen-bond donors (Lipinski definition) is 0. The van der Waals surface area contributed by atoms with Crippen molar-refractivity contribution < 1.29 is 0 Å². The van der Waals surface area contributed by atoms with Gasteiger partial charge in [0, 0.05) is 56.6 Å². The Bertz CT molecular complexity index is 525. The van der Waals surface area contributed by atoms with E-state index in [1.807, 2.05) is 6.07 Å². The second kappa shape index (κ2) is 5.77. The average molecular weight is 297 g/mol. The zero-order valence-corrected chi connectivity index (χ0v) is 11.8. The Morgan fingerprint density at radius 2 is 1.89 bits per heavy atom. The molecule has 0 amide bonds. The Morgan fingerprint density at radius 1 is 1.16 bits per heavy atom. The molecular formula is C11H13ClN6S. The molecule has 0 radical (unpaired) electrons. The number of rotatable bonds is 3. The van der Waals surface area contributed by atoms with Crippen LogP contribution in [-0.4, -0.2) is 50.6 Å². The van der Waals surface area contributed by atoms with Gasteiger partial charge in [0.2, 0.25) is 5.95 Å². The molecule has 0 spiro atoms. The van der Waals surface area contributed by atoms with Crippen molar-refractivity contribution in [3.05, 3.63) is 28.5 Å². The van der Waals surface area contributed by atoms with Crippen LogP contribution in [0.2, 0.25) is 4.34 Å². The highest BCUT2D eigenvalue weighted by Crippen LogP contribution is 2.19. The largest absolute Gasteiger partial charge is 0.338 e. The SMILES string of the molecule is Clc1snnc1CN1CCN(c2ncccn2)CC1. The normalized spacial score (nSPS) is 16.8. The number of halogens is 1. The van der Waals surface area contributed by atoms with E-state index in [0.717, 1.165) is 44.4 Å². The lowest BCUT2D eigenvalue weighted by Crippen LogP contribution is -2.46. The molecule has 1 aliphatic heterocycles. The molecule has 6 nitrogen and oxygen atoms in total. The maximum Gasteiger partial charge on any atom is 0.225 e. The summed E-state index contributed by atoms with van der Waals surface area (Å²) in [6, 6.07) is 1.83. The maximum absolute atomic E-state index is 6.02. The third-order valence-corrected chi connectivity index (χ3v) is 4.07. The van der Waals surface area contributed by atoms with Crippen molar-refractivity contribution in [2.24, 2.45) is 0 Å². The number of anilines is 1. The van der Waals surface area contributed by atoms with Crippen LogP contribution in [0.15, 0.2) is 18.5 Å². The van der Waals surface area contributed by atoms with E-state index in [9.17, 15) is 0 Å². The van der Waals surface area contributed by atoms with Gasteiger partial charge in [0.05, 0.1) is 0 Å². The summed E-state index contributed by atoms with van der Waals surface area (Å²) in [6.07, 6.45) is 3.55. The third-order valence-electron chi connectivity index (χ3n) is 3.09. The van der Waals surface area contributed by atoms with Gasteiger partial charge >= 0.3 is 0 Å². The van der Waals surface area contributed by atoms with Crippen LogP contribution in [0.5, 0.6) is 0 Å². The van der Waals surface area contributed by atoms with Crippen LogP contribution in [0, 0.1) is 0 Å². The molecule has 3 heterocycles. The predicted molar refractivity (Wildman–Crippen MR) is 74.4 cm³/mol. The first-order chi connectivity index (χ1) is 9.33. The fourth-order valence-electron chi connectivity index (χ4n) is 2.06. The van der Waals surface area contributed by atoms with Crippen molar-refractivity contribution in [3.63, 3.8) is 0 Å². The molecule has 0 aliphatic carbocycles. The smallest absolute Gasteiger partial charge is 0.225 e. The summed E-state index contributed by atoms with van der Waals surface area (Å²) in [6.45, 7) is 4.50. The standard InChI is InChI=1S/C11H13ClN6S/c12-10-9(15-16-19-10)8-17-4-6-18(7-5-17)11-13-2-1-3-14-11/h1-3H,4-8H2. The van der Waals surface area contributed by atoms with Gasteiger partial charge in [0.25, 0.3) is 0 Å². The zero-order valence-electron chi connectivity index (χ0n) is 10.2. The predicted octanol–water partition coefficient (Wildman–Crippen LogP) is 1.30. The second-order valence-electron chi connectivity index (χ2n) is 4.31. The van der Waals surface area contributed by atoms with Gasteiger partial charge < -0.3 is 4.90 Å². The van der Waals surface area contributed by atoms with E-state index in [1.165, 1.54) is 11.5 Å². The van der Waals surface area contributed by atoms with Crippen LogP contribution in [0.4, 0.5) is 5.95 Å². The molecule has 100 valence electrons. The lowest BCUT2D eigenvalue weighted by molar-refractivity contribution is 0.246. The average Bonchev–Trinajstić information content (AvgIpc) is 2.86. The van der Waals surface area contributed by atoms with Crippen LogP contribution in [0.25, 0.3) is 0 Å². The summed E-state index contributed by atoms with van der Waals surface area (Å²) in [5.74, 6) is 0.801. The highest BCUT2D eigenvalue weighted by atomic mass is 35.5. The van der Waals surface area contributed by atoms with Gasteiger partial charge in [-0.05, 0) is 6.07 Å². The fourth-order valence-corrected chi connectivity index (χ4v) is 2.68. The number of aromatic nitrogens is 4. The van der Waals surface area contributed by atoms with E-state index in [1.54, 1.807) is 12.4 Å².